The molecule has 0 radical (unpaired) electrons. The lowest BCUT2D eigenvalue weighted by Crippen LogP contribution is -2.14. The van der Waals surface area contributed by atoms with E-state index in [0.717, 1.165) is 11.4 Å². The van der Waals surface area contributed by atoms with Gasteiger partial charge in [-0.1, -0.05) is 43.3 Å². The number of pyridine rings is 2. The Morgan fingerprint density at radius 3 is 2.36 bits per heavy atom. The van der Waals surface area contributed by atoms with Crippen molar-refractivity contribution in [1.82, 2.24) is 9.55 Å². The second kappa shape index (κ2) is 7.48. The molecule has 5 nitrogen and oxygen atoms in total. The number of anilines is 2. The fourth-order valence-electron chi connectivity index (χ4n) is 3.17. The number of ketones is 1. The van der Waals surface area contributed by atoms with Gasteiger partial charge in [-0.2, -0.15) is 0 Å². The lowest BCUT2D eigenvalue weighted by atomic mass is 10.1. The van der Waals surface area contributed by atoms with Gasteiger partial charge in [-0.25, -0.2) is 0 Å². The van der Waals surface area contributed by atoms with Gasteiger partial charge in [0.25, 0.3) is 0 Å². The van der Waals surface area contributed by atoms with Crippen LogP contribution in [0.2, 0.25) is 0 Å². The molecule has 0 aliphatic carbocycles. The number of para-hydroxylation sites is 2. The van der Waals surface area contributed by atoms with Crippen molar-refractivity contribution in [2.45, 2.75) is 13.3 Å². The van der Waals surface area contributed by atoms with Crippen LogP contribution in [-0.2, 0) is 0 Å². The van der Waals surface area contributed by atoms with Gasteiger partial charge in [0.2, 0.25) is 0 Å². The van der Waals surface area contributed by atoms with Gasteiger partial charge in [0.05, 0.1) is 10.9 Å². The number of nitrogens with zero attached hydrogens (tertiary/aromatic N) is 2. The monoisotopic (exact) mass is 369 g/mol. The second-order valence-electron chi connectivity index (χ2n) is 6.42. The number of Topliss-reactive ketones (excluding diaryl/α,β-unsaturated/α-hetero) is 1. The Kier molecular flexibility index (Phi) is 4.72. The summed E-state index contributed by atoms with van der Waals surface area (Å²) in [7, 11) is 0. The number of rotatable bonds is 5. The van der Waals surface area contributed by atoms with Crippen LogP contribution >= 0.6 is 0 Å². The van der Waals surface area contributed by atoms with Crippen molar-refractivity contribution < 1.29 is 4.79 Å². The molecule has 138 valence electrons. The summed E-state index contributed by atoms with van der Waals surface area (Å²) in [6.45, 7) is 1.80. The zero-order chi connectivity index (χ0) is 19.5. The minimum absolute atomic E-state index is 0.0598. The van der Waals surface area contributed by atoms with Crippen LogP contribution in [0.25, 0.3) is 16.6 Å². The van der Waals surface area contributed by atoms with E-state index in [2.05, 4.69) is 10.3 Å². The number of hydrogen-bond donors (Lipinski definition) is 1. The molecule has 4 aromatic rings. The van der Waals surface area contributed by atoms with E-state index < -0.39 is 0 Å². The SMILES string of the molecule is CCC(=O)c1cc2c(cn1)c(=O)cc(Nc1ccccc1)n2-c1ccccc1. The first kappa shape index (κ1) is 17.7. The molecular formula is C23H19N3O2. The van der Waals surface area contributed by atoms with Gasteiger partial charge in [-0.05, 0) is 30.3 Å². The van der Waals surface area contributed by atoms with Crippen LogP contribution < -0.4 is 10.7 Å². The second-order valence-corrected chi connectivity index (χ2v) is 6.42. The fraction of sp³-hybridized carbons (Fsp3) is 0.0870. The zero-order valence-corrected chi connectivity index (χ0v) is 15.4. The van der Waals surface area contributed by atoms with Crippen LogP contribution in [0.3, 0.4) is 0 Å². The fourth-order valence-corrected chi connectivity index (χ4v) is 3.17. The van der Waals surface area contributed by atoms with Gasteiger partial charge < -0.3 is 5.32 Å². The highest BCUT2D eigenvalue weighted by atomic mass is 16.1. The molecule has 1 N–H and O–H groups in total. The van der Waals surface area contributed by atoms with Crippen molar-refractivity contribution in [3.8, 4) is 5.69 Å². The number of carbonyl (C=O) groups excluding carboxylic acids is 1. The van der Waals surface area contributed by atoms with Crippen molar-refractivity contribution in [2.24, 2.45) is 0 Å². The summed E-state index contributed by atoms with van der Waals surface area (Å²) >= 11 is 0. The van der Waals surface area contributed by atoms with E-state index in [1.165, 1.54) is 6.20 Å². The van der Waals surface area contributed by atoms with Gasteiger partial charge in [-0.3, -0.25) is 19.1 Å². The first-order valence-electron chi connectivity index (χ1n) is 9.14. The third kappa shape index (κ3) is 3.30. The molecule has 5 heteroatoms. The molecule has 0 unspecified atom stereocenters. The molecule has 0 fully saturated rings. The molecule has 0 bridgehead atoms. The van der Waals surface area contributed by atoms with E-state index in [1.807, 2.05) is 65.2 Å². The Hall–Kier alpha value is -3.73. The maximum absolute atomic E-state index is 12.7. The number of benzene rings is 2. The average molecular weight is 369 g/mol. The van der Waals surface area contributed by atoms with E-state index in [9.17, 15) is 9.59 Å². The van der Waals surface area contributed by atoms with Crippen molar-refractivity contribution in [3.63, 3.8) is 0 Å². The summed E-state index contributed by atoms with van der Waals surface area (Å²) in [6.07, 6.45) is 1.85. The van der Waals surface area contributed by atoms with Crippen LogP contribution in [-0.4, -0.2) is 15.3 Å². The quantitative estimate of drug-likeness (QED) is 0.517. The van der Waals surface area contributed by atoms with Crippen molar-refractivity contribution >= 4 is 28.2 Å². The molecule has 2 aromatic heterocycles. The van der Waals surface area contributed by atoms with Gasteiger partial charge in [-0.15, -0.1) is 0 Å². The van der Waals surface area contributed by atoms with Crippen molar-refractivity contribution in [1.29, 1.82) is 0 Å². The number of aromatic nitrogens is 2. The Morgan fingerprint density at radius 2 is 1.68 bits per heavy atom. The largest absolute Gasteiger partial charge is 0.341 e. The van der Waals surface area contributed by atoms with Gasteiger partial charge in [0.15, 0.2) is 11.2 Å². The van der Waals surface area contributed by atoms with Gasteiger partial charge in [0, 0.05) is 30.1 Å². The summed E-state index contributed by atoms with van der Waals surface area (Å²) in [5.41, 5.74) is 2.60. The third-order valence-corrected chi connectivity index (χ3v) is 4.56. The average Bonchev–Trinajstić information content (AvgIpc) is 2.74. The van der Waals surface area contributed by atoms with E-state index in [-0.39, 0.29) is 11.2 Å². The van der Waals surface area contributed by atoms with Gasteiger partial charge >= 0.3 is 0 Å². The first-order valence-corrected chi connectivity index (χ1v) is 9.14. The normalized spacial score (nSPS) is 10.8. The summed E-state index contributed by atoms with van der Waals surface area (Å²) in [5, 5.41) is 3.79. The van der Waals surface area contributed by atoms with Crippen LogP contribution in [0.4, 0.5) is 11.5 Å². The zero-order valence-electron chi connectivity index (χ0n) is 15.4. The minimum Gasteiger partial charge on any atom is -0.341 e. The molecule has 0 saturated heterocycles. The highest BCUT2D eigenvalue weighted by Gasteiger charge is 2.14. The molecule has 0 aliphatic rings. The lowest BCUT2D eigenvalue weighted by molar-refractivity contribution is 0.0983. The summed E-state index contributed by atoms with van der Waals surface area (Å²) in [5.74, 6) is 0.561. The molecule has 28 heavy (non-hydrogen) atoms. The third-order valence-electron chi connectivity index (χ3n) is 4.56. The molecule has 0 spiro atoms. The molecular weight excluding hydrogens is 350 g/mol. The van der Waals surface area contributed by atoms with E-state index in [0.29, 0.717) is 28.8 Å². The molecule has 2 aromatic carbocycles. The predicted octanol–water partition coefficient (Wildman–Crippen LogP) is 4.72. The van der Waals surface area contributed by atoms with E-state index >= 15 is 0 Å². The lowest BCUT2D eigenvalue weighted by Gasteiger charge is -2.18. The minimum atomic E-state index is -0.149. The number of carbonyl (C=O) groups is 1. The molecule has 0 atom stereocenters. The number of fused-ring (bicyclic) bond motifs is 1. The van der Waals surface area contributed by atoms with E-state index in [1.54, 1.807) is 19.1 Å². The highest BCUT2D eigenvalue weighted by Crippen LogP contribution is 2.25. The molecule has 2 heterocycles. The summed E-state index contributed by atoms with van der Waals surface area (Å²) < 4.78 is 1.94. The number of nitrogens with one attached hydrogen (secondary N) is 1. The standard InChI is InChI=1S/C23H19N3O2/c1-2-21(27)19-13-20-18(15-24-19)22(28)14-23(25-16-9-5-3-6-10-16)26(20)17-11-7-4-8-12-17/h3-15,25H,2H2,1H3. The molecule has 0 saturated carbocycles. The van der Waals surface area contributed by atoms with Crippen LogP contribution in [0.1, 0.15) is 23.8 Å². The summed E-state index contributed by atoms with van der Waals surface area (Å²) in [6, 6.07) is 22.6. The molecule has 0 amide bonds. The van der Waals surface area contributed by atoms with Crippen LogP contribution in [0.5, 0.6) is 0 Å². The molecule has 4 rings (SSSR count). The topological polar surface area (TPSA) is 64.0 Å². The van der Waals surface area contributed by atoms with Crippen molar-refractivity contribution in [2.75, 3.05) is 5.32 Å². The Bertz CT molecular complexity index is 1200. The molecule has 0 aliphatic heterocycles. The van der Waals surface area contributed by atoms with Crippen LogP contribution in [0.15, 0.2) is 83.8 Å². The van der Waals surface area contributed by atoms with Crippen LogP contribution in [0, 0.1) is 0 Å². The Balaban J connectivity index is 2.02. The Labute approximate surface area is 162 Å². The predicted molar refractivity (Wildman–Crippen MR) is 112 cm³/mol. The maximum Gasteiger partial charge on any atom is 0.193 e. The van der Waals surface area contributed by atoms with E-state index in [4.69, 9.17) is 0 Å². The Morgan fingerprint density at radius 1 is 1.00 bits per heavy atom. The van der Waals surface area contributed by atoms with Gasteiger partial charge in [0.1, 0.15) is 11.5 Å². The summed E-state index contributed by atoms with van der Waals surface area (Å²) in [4.78, 5) is 29.1. The van der Waals surface area contributed by atoms with Crippen molar-refractivity contribution in [3.05, 3.63) is 94.9 Å². The number of hydrogen-bond acceptors (Lipinski definition) is 4. The smallest absolute Gasteiger partial charge is 0.193 e. The first-order chi connectivity index (χ1) is 13.7. The maximum atomic E-state index is 12.7. The highest BCUT2D eigenvalue weighted by molar-refractivity contribution is 5.97.